The predicted octanol–water partition coefficient (Wildman–Crippen LogP) is 3.51. The summed E-state index contributed by atoms with van der Waals surface area (Å²) in [4.78, 5) is 16.8. The number of nitrogens with one attached hydrogen (secondary N) is 1. The van der Waals surface area contributed by atoms with E-state index < -0.39 is 0 Å². The fraction of sp³-hybridized carbons (Fsp3) is 0.158. The summed E-state index contributed by atoms with van der Waals surface area (Å²) in [5.41, 5.74) is 1.95. The average Bonchev–Trinajstić information content (AvgIpc) is 3.05. The van der Waals surface area contributed by atoms with E-state index in [4.69, 9.17) is 0 Å². The van der Waals surface area contributed by atoms with Crippen LogP contribution in [0.1, 0.15) is 41.3 Å². The summed E-state index contributed by atoms with van der Waals surface area (Å²) in [5.74, 6) is 0.922. The fourth-order valence-electron chi connectivity index (χ4n) is 2.40. The molecule has 0 saturated heterocycles. The van der Waals surface area contributed by atoms with Crippen molar-refractivity contribution in [1.29, 1.82) is 5.26 Å². The van der Waals surface area contributed by atoms with Gasteiger partial charge in [0.05, 0.1) is 6.20 Å². The van der Waals surface area contributed by atoms with Crippen LogP contribution in [-0.2, 0) is 0 Å². The second kappa shape index (κ2) is 6.97. The van der Waals surface area contributed by atoms with Gasteiger partial charge < -0.3 is 5.32 Å². The van der Waals surface area contributed by atoms with Gasteiger partial charge in [0.1, 0.15) is 11.6 Å². The van der Waals surface area contributed by atoms with Crippen molar-refractivity contribution < 1.29 is 4.79 Å². The molecule has 124 valence electrons. The van der Waals surface area contributed by atoms with Crippen LogP contribution in [0.15, 0.2) is 54.9 Å². The lowest BCUT2D eigenvalue weighted by Gasteiger charge is -2.10. The van der Waals surface area contributed by atoms with E-state index in [0.29, 0.717) is 23.1 Å². The third kappa shape index (κ3) is 3.40. The second-order valence-electron chi connectivity index (χ2n) is 5.85. The summed E-state index contributed by atoms with van der Waals surface area (Å²) >= 11 is 0. The van der Waals surface area contributed by atoms with Crippen LogP contribution in [0.25, 0.3) is 5.82 Å². The predicted molar refractivity (Wildman–Crippen MR) is 94.6 cm³/mol. The third-order valence-corrected chi connectivity index (χ3v) is 3.83. The molecule has 0 fully saturated rings. The molecule has 0 bridgehead atoms. The van der Waals surface area contributed by atoms with E-state index in [-0.39, 0.29) is 11.5 Å². The minimum atomic E-state index is -0.301. The first kappa shape index (κ1) is 16.4. The molecule has 0 radical (unpaired) electrons. The molecule has 2 heterocycles. The zero-order chi connectivity index (χ0) is 17.8. The molecule has 1 N–H and O–H groups in total. The van der Waals surface area contributed by atoms with Gasteiger partial charge in [-0.15, -0.1) is 0 Å². The van der Waals surface area contributed by atoms with E-state index in [0.717, 1.165) is 5.56 Å². The van der Waals surface area contributed by atoms with Crippen molar-refractivity contribution in [3.63, 3.8) is 0 Å². The third-order valence-electron chi connectivity index (χ3n) is 3.83. The molecule has 1 amide bonds. The molecule has 25 heavy (non-hydrogen) atoms. The van der Waals surface area contributed by atoms with Crippen molar-refractivity contribution in [2.24, 2.45) is 0 Å². The minimum Gasteiger partial charge on any atom is -0.305 e. The van der Waals surface area contributed by atoms with E-state index in [2.05, 4.69) is 29.2 Å². The molecule has 0 atom stereocenters. The molecule has 6 nitrogen and oxygen atoms in total. The second-order valence-corrected chi connectivity index (χ2v) is 5.85. The highest BCUT2D eigenvalue weighted by molar-refractivity contribution is 6.04. The van der Waals surface area contributed by atoms with Crippen LogP contribution in [0, 0.1) is 11.3 Å². The van der Waals surface area contributed by atoms with Crippen LogP contribution in [0.5, 0.6) is 0 Å². The number of nitriles is 1. The molecule has 3 rings (SSSR count). The molecule has 0 aliphatic rings. The quantitative estimate of drug-likeness (QED) is 0.793. The number of carbonyl (C=O) groups excluding carboxylic acids is 1. The highest BCUT2D eigenvalue weighted by Crippen LogP contribution is 2.20. The summed E-state index contributed by atoms with van der Waals surface area (Å²) in [6, 6.07) is 14.8. The molecule has 0 unspecified atom stereocenters. The lowest BCUT2D eigenvalue weighted by atomic mass is 10.0. The minimum absolute atomic E-state index is 0.276. The van der Waals surface area contributed by atoms with Crippen molar-refractivity contribution in [3.05, 3.63) is 71.5 Å². The highest BCUT2D eigenvalue weighted by atomic mass is 16.1. The fourth-order valence-corrected chi connectivity index (χ4v) is 2.40. The summed E-state index contributed by atoms with van der Waals surface area (Å²) in [5, 5.41) is 16.2. The van der Waals surface area contributed by atoms with Gasteiger partial charge in [0.25, 0.3) is 5.91 Å². The normalized spacial score (nSPS) is 10.5. The smallest absolute Gasteiger partial charge is 0.256 e. The number of aromatic nitrogens is 3. The maximum Gasteiger partial charge on any atom is 0.256 e. The summed E-state index contributed by atoms with van der Waals surface area (Å²) in [7, 11) is 0. The number of rotatable bonds is 4. The maximum absolute atomic E-state index is 12.6. The first-order chi connectivity index (χ1) is 12.1. The Morgan fingerprint density at radius 3 is 2.56 bits per heavy atom. The Bertz CT molecular complexity index is 921. The van der Waals surface area contributed by atoms with Gasteiger partial charge in [-0.3, -0.25) is 4.79 Å². The molecule has 0 aliphatic carbocycles. The van der Waals surface area contributed by atoms with Crippen LogP contribution in [0.2, 0.25) is 0 Å². The molecular formula is C19H17N5O. The van der Waals surface area contributed by atoms with E-state index in [1.54, 1.807) is 30.5 Å². The van der Waals surface area contributed by atoms with Crippen LogP contribution in [0.3, 0.4) is 0 Å². The van der Waals surface area contributed by atoms with Gasteiger partial charge in [-0.1, -0.05) is 32.0 Å². The average molecular weight is 331 g/mol. The number of carbonyl (C=O) groups is 1. The van der Waals surface area contributed by atoms with Crippen LogP contribution in [0.4, 0.5) is 5.82 Å². The highest BCUT2D eigenvalue weighted by Gasteiger charge is 2.16. The number of hydrogen-bond donors (Lipinski definition) is 1. The van der Waals surface area contributed by atoms with Gasteiger partial charge >= 0.3 is 0 Å². The first-order valence-electron chi connectivity index (χ1n) is 7.91. The summed E-state index contributed by atoms with van der Waals surface area (Å²) in [6.07, 6.45) is 3.03. The molecule has 6 heteroatoms. The van der Waals surface area contributed by atoms with Gasteiger partial charge in [-0.2, -0.15) is 15.0 Å². The molecule has 0 aliphatic heterocycles. The topological polar surface area (TPSA) is 83.6 Å². The van der Waals surface area contributed by atoms with Crippen molar-refractivity contribution in [2.75, 3.05) is 5.32 Å². The van der Waals surface area contributed by atoms with Crippen LogP contribution in [-0.4, -0.2) is 20.7 Å². The van der Waals surface area contributed by atoms with E-state index >= 15 is 0 Å². The Morgan fingerprint density at radius 1 is 1.20 bits per heavy atom. The van der Waals surface area contributed by atoms with E-state index in [1.807, 2.05) is 24.3 Å². The van der Waals surface area contributed by atoms with Gasteiger partial charge in [0.2, 0.25) is 0 Å². The summed E-state index contributed by atoms with van der Waals surface area (Å²) in [6.45, 7) is 4.19. The van der Waals surface area contributed by atoms with Crippen LogP contribution < -0.4 is 5.32 Å². The molecule has 0 saturated carbocycles. The monoisotopic (exact) mass is 331 g/mol. The van der Waals surface area contributed by atoms with Crippen molar-refractivity contribution in [3.8, 4) is 11.9 Å². The lowest BCUT2D eigenvalue weighted by molar-refractivity contribution is 0.102. The SMILES string of the molecule is CC(C)c1ccc(C(=O)Nc2c(C#N)cnn2-c2ccccn2)cc1. The first-order valence-corrected chi connectivity index (χ1v) is 7.91. The van der Waals surface area contributed by atoms with Crippen molar-refractivity contribution in [1.82, 2.24) is 14.8 Å². The number of pyridine rings is 1. The van der Waals surface area contributed by atoms with Gasteiger partial charge in [0, 0.05) is 11.8 Å². The molecule has 0 spiro atoms. The Morgan fingerprint density at radius 2 is 1.96 bits per heavy atom. The Labute approximate surface area is 145 Å². The molecule has 3 aromatic rings. The number of nitrogens with zero attached hydrogens (tertiary/aromatic N) is 4. The number of benzene rings is 1. The zero-order valence-corrected chi connectivity index (χ0v) is 14.0. The maximum atomic E-state index is 12.6. The standard InChI is InChI=1S/C19H17N5O/c1-13(2)14-6-8-15(9-7-14)19(25)23-18-16(11-20)12-22-24(18)17-5-3-4-10-21-17/h3-10,12-13H,1-2H3,(H,23,25). The lowest BCUT2D eigenvalue weighted by Crippen LogP contribution is -2.16. The van der Waals surface area contributed by atoms with Crippen molar-refractivity contribution in [2.45, 2.75) is 19.8 Å². The van der Waals surface area contributed by atoms with E-state index in [9.17, 15) is 10.1 Å². The largest absolute Gasteiger partial charge is 0.305 e. The van der Waals surface area contributed by atoms with Gasteiger partial charge in [-0.05, 0) is 35.7 Å². The number of anilines is 1. The Kier molecular flexibility index (Phi) is 4.57. The number of hydrogen-bond acceptors (Lipinski definition) is 4. The van der Waals surface area contributed by atoms with Crippen LogP contribution >= 0.6 is 0 Å². The van der Waals surface area contributed by atoms with Gasteiger partial charge in [-0.25, -0.2) is 4.98 Å². The Hall–Kier alpha value is -3.46. The summed E-state index contributed by atoms with van der Waals surface area (Å²) < 4.78 is 1.44. The molecular weight excluding hydrogens is 314 g/mol. The van der Waals surface area contributed by atoms with E-state index in [1.165, 1.54) is 10.9 Å². The zero-order valence-electron chi connectivity index (χ0n) is 14.0. The molecule has 1 aromatic carbocycles. The Balaban J connectivity index is 1.91. The number of amides is 1. The van der Waals surface area contributed by atoms with Crippen molar-refractivity contribution >= 4 is 11.7 Å². The molecule has 2 aromatic heterocycles. The van der Waals surface area contributed by atoms with Gasteiger partial charge in [0.15, 0.2) is 11.6 Å².